The van der Waals surface area contributed by atoms with Crippen LogP contribution in [0.15, 0.2) is 60.8 Å². The topological polar surface area (TPSA) is 72.5 Å². The second-order valence-electron chi connectivity index (χ2n) is 11.4. The zero-order valence-electron chi connectivity index (χ0n) is 28.1. The summed E-state index contributed by atoms with van der Waals surface area (Å²) in [7, 11) is 0. The van der Waals surface area contributed by atoms with Crippen molar-refractivity contribution in [3.05, 3.63) is 60.8 Å². The molecule has 1 amide bonds. The van der Waals surface area contributed by atoms with Crippen LogP contribution in [0.2, 0.25) is 0 Å². The van der Waals surface area contributed by atoms with E-state index < -0.39 is 5.41 Å². The van der Waals surface area contributed by atoms with E-state index in [-0.39, 0.29) is 30.2 Å². The molecule has 0 aromatic carbocycles. The van der Waals surface area contributed by atoms with Crippen molar-refractivity contribution in [3.8, 4) is 0 Å². The Morgan fingerprint density at radius 3 is 1.64 bits per heavy atom. The molecule has 0 unspecified atom stereocenters. The van der Waals surface area contributed by atoms with Gasteiger partial charge in [0.1, 0.15) is 5.78 Å². The van der Waals surface area contributed by atoms with Crippen LogP contribution in [0.3, 0.4) is 0 Å². The van der Waals surface area contributed by atoms with E-state index in [0.29, 0.717) is 19.4 Å². The number of carbonyl (C=O) groups is 3. The number of ether oxygens (including phenoxy) is 1. The van der Waals surface area contributed by atoms with E-state index in [1.54, 1.807) is 0 Å². The van der Waals surface area contributed by atoms with Crippen LogP contribution in [0.4, 0.5) is 0 Å². The van der Waals surface area contributed by atoms with Crippen LogP contribution in [0.1, 0.15) is 132 Å². The Kier molecular flexibility index (Phi) is 29.4. The Balaban J connectivity index is 0. The number of hydrogen-bond donors (Lipinski definition) is 1. The van der Waals surface area contributed by atoms with E-state index in [0.717, 1.165) is 44.9 Å². The van der Waals surface area contributed by atoms with Gasteiger partial charge >= 0.3 is 5.97 Å². The van der Waals surface area contributed by atoms with Gasteiger partial charge in [-0.3, -0.25) is 14.4 Å². The summed E-state index contributed by atoms with van der Waals surface area (Å²) in [5.74, 6) is -0.658. The van der Waals surface area contributed by atoms with E-state index >= 15 is 0 Å². The molecule has 0 aliphatic carbocycles. The van der Waals surface area contributed by atoms with Crippen molar-refractivity contribution in [3.63, 3.8) is 0 Å². The van der Waals surface area contributed by atoms with Crippen LogP contribution in [0.25, 0.3) is 0 Å². The first-order chi connectivity index (χ1) is 20.1. The van der Waals surface area contributed by atoms with Gasteiger partial charge in [-0.1, -0.05) is 128 Å². The second kappa shape index (κ2) is 29.8. The predicted octanol–water partition coefficient (Wildman–Crippen LogP) is 9.80. The number of unbranched alkanes of at least 4 members (excludes halogenated alkanes) is 4. The van der Waals surface area contributed by atoms with Crippen LogP contribution >= 0.6 is 0 Å². The van der Waals surface area contributed by atoms with Crippen molar-refractivity contribution >= 4 is 17.7 Å². The average molecular weight is 586 g/mol. The summed E-state index contributed by atoms with van der Waals surface area (Å²) in [5, 5.41) is 2.77. The van der Waals surface area contributed by atoms with Gasteiger partial charge in [0.15, 0.2) is 0 Å². The van der Waals surface area contributed by atoms with Gasteiger partial charge in [0.25, 0.3) is 0 Å². The number of esters is 1. The van der Waals surface area contributed by atoms with Crippen LogP contribution < -0.4 is 5.32 Å². The average Bonchev–Trinajstić information content (AvgIpc) is 2.96. The molecule has 0 aromatic heterocycles. The highest BCUT2D eigenvalue weighted by Crippen LogP contribution is 2.27. The number of amides is 1. The second-order valence-corrected chi connectivity index (χ2v) is 11.4. The number of nitrogens with one attached hydrogen (secondary N) is 1. The third kappa shape index (κ3) is 28.8. The lowest BCUT2D eigenvalue weighted by atomic mass is 9.80. The van der Waals surface area contributed by atoms with Crippen LogP contribution in [-0.2, 0) is 19.1 Å². The molecule has 5 nitrogen and oxygen atoms in total. The van der Waals surface area contributed by atoms with Crippen molar-refractivity contribution in [1.29, 1.82) is 0 Å². The molecule has 5 heteroatoms. The summed E-state index contributed by atoms with van der Waals surface area (Å²) in [6.07, 6.45) is 34.4. The molecule has 0 rings (SSSR count). The Labute approximate surface area is 259 Å². The molecule has 0 aromatic rings. The largest absolute Gasteiger partial charge is 0.465 e. The molecular formula is C37H63NO4. The lowest BCUT2D eigenvalue weighted by Gasteiger charge is -2.30. The minimum Gasteiger partial charge on any atom is -0.465 e. The summed E-state index contributed by atoms with van der Waals surface area (Å²) in [5.41, 5.74) is -0.486. The van der Waals surface area contributed by atoms with Crippen molar-refractivity contribution in [2.45, 2.75) is 132 Å². The number of carbonyl (C=O) groups excluding carboxylic acids is 3. The van der Waals surface area contributed by atoms with Gasteiger partial charge in [0, 0.05) is 30.7 Å². The standard InChI is InChI=1S/C31H49NO4.C6H14/c1-6-7-8-9-10-11-12-13-14-15-16-17-18-19-20-21-22-23-29(34)36-26-31(4,5)28(3)30(35)32-25-24-27(2)33;1-3-5-6-4-2/h7-8,10-11,13-14,16-17,19-20,28H,6,9,12,15,18,21-26H2,1-5H3,(H,32,35);3-6H2,1-2H3/b8-7-,11-10-,14-13-,17-16-,20-19-;/t28-;/m0./s1. The molecule has 0 fully saturated rings. The smallest absolute Gasteiger partial charge is 0.305 e. The maximum atomic E-state index is 12.3. The van der Waals surface area contributed by atoms with Crippen LogP contribution in [0.5, 0.6) is 0 Å². The van der Waals surface area contributed by atoms with Crippen molar-refractivity contribution in [2.24, 2.45) is 11.3 Å². The fraction of sp³-hybridized carbons (Fsp3) is 0.649. The normalized spacial score (nSPS) is 12.8. The predicted molar refractivity (Wildman–Crippen MR) is 180 cm³/mol. The molecule has 0 bridgehead atoms. The molecule has 0 saturated carbocycles. The first kappa shape index (κ1) is 41.4. The lowest BCUT2D eigenvalue weighted by Crippen LogP contribution is -2.40. The maximum absolute atomic E-state index is 12.3. The third-order valence-electron chi connectivity index (χ3n) is 6.81. The first-order valence-electron chi connectivity index (χ1n) is 16.3. The molecule has 0 heterocycles. The van der Waals surface area contributed by atoms with Gasteiger partial charge in [0.2, 0.25) is 5.91 Å². The number of hydrogen-bond acceptors (Lipinski definition) is 4. The van der Waals surface area contributed by atoms with Gasteiger partial charge < -0.3 is 10.1 Å². The van der Waals surface area contributed by atoms with Gasteiger partial charge in [0.05, 0.1) is 6.61 Å². The Morgan fingerprint density at radius 1 is 0.714 bits per heavy atom. The number of ketones is 1. The van der Waals surface area contributed by atoms with Gasteiger partial charge in [-0.2, -0.15) is 0 Å². The molecule has 1 atom stereocenters. The zero-order chi connectivity index (χ0) is 31.9. The molecule has 0 aliphatic rings. The Hall–Kier alpha value is -2.69. The van der Waals surface area contributed by atoms with E-state index in [4.69, 9.17) is 4.74 Å². The summed E-state index contributed by atoms with van der Waals surface area (Å²) < 4.78 is 5.43. The van der Waals surface area contributed by atoms with Gasteiger partial charge in [-0.15, -0.1) is 0 Å². The SMILES string of the molecule is CC/C=C\C/C=C\C/C=C\C/C=C\C/C=C\CCCC(=O)OCC(C)(C)[C@@H](C)C(=O)NCCC(C)=O.CCCCCC. The summed E-state index contributed by atoms with van der Waals surface area (Å²) in [4.78, 5) is 35.4. The first-order valence-corrected chi connectivity index (χ1v) is 16.3. The van der Waals surface area contributed by atoms with Crippen molar-refractivity contribution in [1.82, 2.24) is 5.32 Å². The minimum atomic E-state index is -0.486. The van der Waals surface area contributed by atoms with Crippen molar-refractivity contribution < 1.29 is 19.1 Å². The van der Waals surface area contributed by atoms with Gasteiger partial charge in [-0.05, 0) is 51.9 Å². The highest BCUT2D eigenvalue weighted by atomic mass is 16.5. The minimum absolute atomic E-state index is 0.0423. The number of rotatable bonds is 23. The Morgan fingerprint density at radius 2 is 1.19 bits per heavy atom. The molecule has 0 spiro atoms. The van der Waals surface area contributed by atoms with Crippen LogP contribution in [-0.4, -0.2) is 30.8 Å². The van der Waals surface area contributed by atoms with Crippen molar-refractivity contribution in [2.75, 3.05) is 13.2 Å². The van der Waals surface area contributed by atoms with E-state index in [1.807, 2.05) is 20.8 Å². The van der Waals surface area contributed by atoms with E-state index in [2.05, 4.69) is 86.8 Å². The summed E-state index contributed by atoms with van der Waals surface area (Å²) in [6.45, 7) is 14.3. The monoisotopic (exact) mass is 585 g/mol. The maximum Gasteiger partial charge on any atom is 0.305 e. The third-order valence-corrected chi connectivity index (χ3v) is 6.81. The molecule has 0 aliphatic heterocycles. The molecule has 0 saturated heterocycles. The lowest BCUT2D eigenvalue weighted by molar-refractivity contribution is -0.149. The van der Waals surface area contributed by atoms with E-state index in [1.165, 1.54) is 32.6 Å². The fourth-order valence-corrected chi connectivity index (χ4v) is 3.57. The Bertz CT molecular complexity index is 829. The quantitative estimate of drug-likeness (QED) is 0.0736. The highest BCUT2D eigenvalue weighted by Gasteiger charge is 2.32. The fourth-order valence-electron chi connectivity index (χ4n) is 3.57. The van der Waals surface area contributed by atoms with Crippen LogP contribution in [0, 0.1) is 11.3 Å². The van der Waals surface area contributed by atoms with E-state index in [9.17, 15) is 14.4 Å². The molecule has 1 N–H and O–H groups in total. The number of Topliss-reactive ketones (excluding diaryl/α,β-unsaturated/α-hetero) is 1. The molecular weight excluding hydrogens is 522 g/mol. The number of allylic oxidation sites excluding steroid dienone is 10. The molecule has 0 radical (unpaired) electrons. The zero-order valence-corrected chi connectivity index (χ0v) is 28.1. The summed E-state index contributed by atoms with van der Waals surface area (Å²) in [6, 6.07) is 0. The molecule has 240 valence electrons. The highest BCUT2D eigenvalue weighted by molar-refractivity contribution is 5.80. The summed E-state index contributed by atoms with van der Waals surface area (Å²) >= 11 is 0. The van der Waals surface area contributed by atoms with Gasteiger partial charge in [-0.25, -0.2) is 0 Å². The molecule has 42 heavy (non-hydrogen) atoms.